The number of H-pyrrole nitrogens is 1. The second kappa shape index (κ2) is 6.10. The molecule has 0 unspecified atom stereocenters. The van der Waals surface area contributed by atoms with Crippen molar-refractivity contribution >= 4 is 34.1 Å². The number of aromatic amines is 1. The van der Waals surface area contributed by atoms with Gasteiger partial charge in [-0.3, -0.25) is 0 Å². The normalized spacial score (nSPS) is 12.7. The first-order valence-corrected chi connectivity index (χ1v) is 7.64. The number of nitrogens with one attached hydrogen (secondary N) is 2. The Morgan fingerprint density at radius 1 is 1.10 bits per heavy atom. The van der Waals surface area contributed by atoms with Crippen LogP contribution >= 0.6 is 23.2 Å². The molecule has 0 radical (unpaired) electrons. The van der Waals surface area contributed by atoms with Crippen LogP contribution in [0.15, 0.2) is 48.5 Å². The second-order valence-corrected chi connectivity index (χ2v) is 5.94. The van der Waals surface area contributed by atoms with Crippen LogP contribution in [0.4, 0.5) is 0 Å². The Labute approximate surface area is 134 Å². The predicted molar refractivity (Wildman–Crippen MR) is 90.0 cm³/mol. The van der Waals surface area contributed by atoms with Gasteiger partial charge in [-0.1, -0.05) is 53.5 Å². The first-order chi connectivity index (χ1) is 10.1. The van der Waals surface area contributed by atoms with E-state index in [1.165, 1.54) is 0 Å². The van der Waals surface area contributed by atoms with Gasteiger partial charge in [0.1, 0.15) is 0 Å². The molecule has 4 heteroatoms. The van der Waals surface area contributed by atoms with E-state index in [-0.39, 0.29) is 6.04 Å². The number of rotatable bonds is 4. The van der Waals surface area contributed by atoms with Crippen molar-refractivity contribution in [2.45, 2.75) is 19.5 Å². The summed E-state index contributed by atoms with van der Waals surface area (Å²) in [5.74, 6) is 0. The van der Waals surface area contributed by atoms with E-state index in [2.05, 4.69) is 23.3 Å². The van der Waals surface area contributed by atoms with Gasteiger partial charge in [-0.15, -0.1) is 0 Å². The van der Waals surface area contributed by atoms with Crippen molar-refractivity contribution in [3.8, 4) is 0 Å². The van der Waals surface area contributed by atoms with Gasteiger partial charge in [0.25, 0.3) is 0 Å². The van der Waals surface area contributed by atoms with E-state index < -0.39 is 0 Å². The standard InChI is InChI=1S/C17H16Cl2N2/c1-11(12-5-4-6-13(18)9-12)20-10-16-17(19)14-7-2-3-8-15(14)21-16/h2-9,11,20-21H,10H2,1H3/t11-/m0/s1. The van der Waals surface area contributed by atoms with E-state index in [9.17, 15) is 0 Å². The van der Waals surface area contributed by atoms with Gasteiger partial charge in [0.05, 0.1) is 5.02 Å². The molecule has 3 aromatic rings. The van der Waals surface area contributed by atoms with E-state index in [1.54, 1.807) is 0 Å². The fourth-order valence-electron chi connectivity index (χ4n) is 2.43. The zero-order valence-electron chi connectivity index (χ0n) is 11.7. The Hall–Kier alpha value is -1.48. The number of hydrogen-bond acceptors (Lipinski definition) is 1. The van der Waals surface area contributed by atoms with Gasteiger partial charge in [-0.2, -0.15) is 0 Å². The first kappa shape index (κ1) is 14.5. The highest BCUT2D eigenvalue weighted by atomic mass is 35.5. The van der Waals surface area contributed by atoms with E-state index >= 15 is 0 Å². The number of para-hydroxylation sites is 1. The number of aromatic nitrogens is 1. The predicted octanol–water partition coefficient (Wildman–Crippen LogP) is 5.33. The molecule has 21 heavy (non-hydrogen) atoms. The summed E-state index contributed by atoms with van der Waals surface area (Å²) in [6.07, 6.45) is 0. The topological polar surface area (TPSA) is 27.8 Å². The van der Waals surface area contributed by atoms with Crippen LogP contribution < -0.4 is 5.32 Å². The van der Waals surface area contributed by atoms with Crippen molar-refractivity contribution in [1.82, 2.24) is 10.3 Å². The maximum atomic E-state index is 6.42. The van der Waals surface area contributed by atoms with Crippen LogP contribution in [0.2, 0.25) is 10.0 Å². The third kappa shape index (κ3) is 3.08. The molecule has 0 saturated carbocycles. The summed E-state index contributed by atoms with van der Waals surface area (Å²) in [7, 11) is 0. The minimum absolute atomic E-state index is 0.200. The lowest BCUT2D eigenvalue weighted by Crippen LogP contribution is -2.18. The van der Waals surface area contributed by atoms with Gasteiger partial charge in [-0.25, -0.2) is 0 Å². The number of halogens is 2. The van der Waals surface area contributed by atoms with Gasteiger partial charge in [-0.05, 0) is 30.7 Å². The Kier molecular flexibility index (Phi) is 4.20. The number of benzene rings is 2. The number of fused-ring (bicyclic) bond motifs is 1. The van der Waals surface area contributed by atoms with Crippen LogP contribution in [-0.2, 0) is 6.54 Å². The number of hydrogen-bond donors (Lipinski definition) is 2. The molecule has 2 N–H and O–H groups in total. The molecule has 2 nitrogen and oxygen atoms in total. The maximum absolute atomic E-state index is 6.42. The Balaban J connectivity index is 1.75. The molecule has 0 bridgehead atoms. The van der Waals surface area contributed by atoms with Crippen LogP contribution in [0, 0.1) is 0 Å². The van der Waals surface area contributed by atoms with Crippen LogP contribution in [0.1, 0.15) is 24.2 Å². The van der Waals surface area contributed by atoms with Gasteiger partial charge in [0.15, 0.2) is 0 Å². The molecule has 2 aromatic carbocycles. The largest absolute Gasteiger partial charge is 0.356 e. The molecule has 0 aliphatic carbocycles. The first-order valence-electron chi connectivity index (χ1n) is 6.89. The minimum Gasteiger partial charge on any atom is -0.356 e. The Morgan fingerprint density at radius 3 is 2.67 bits per heavy atom. The average Bonchev–Trinajstić information content (AvgIpc) is 2.82. The summed E-state index contributed by atoms with van der Waals surface area (Å²) >= 11 is 12.4. The molecule has 0 amide bonds. The average molecular weight is 319 g/mol. The summed E-state index contributed by atoms with van der Waals surface area (Å²) in [5, 5.41) is 6.07. The highest BCUT2D eigenvalue weighted by Gasteiger charge is 2.11. The molecule has 1 aromatic heterocycles. The molecule has 1 heterocycles. The molecule has 0 aliphatic heterocycles. The summed E-state index contributed by atoms with van der Waals surface area (Å²) in [5.41, 5.74) is 3.23. The van der Waals surface area contributed by atoms with E-state index in [1.807, 2.05) is 42.5 Å². The molecule has 108 valence electrons. The quantitative estimate of drug-likeness (QED) is 0.669. The second-order valence-electron chi connectivity index (χ2n) is 5.12. The van der Waals surface area contributed by atoms with Gasteiger partial charge in [0, 0.05) is 34.2 Å². The summed E-state index contributed by atoms with van der Waals surface area (Å²) < 4.78 is 0. The molecular formula is C17H16Cl2N2. The van der Waals surface area contributed by atoms with Crippen molar-refractivity contribution in [1.29, 1.82) is 0 Å². The van der Waals surface area contributed by atoms with Crippen molar-refractivity contribution in [2.75, 3.05) is 0 Å². The lowest BCUT2D eigenvalue weighted by atomic mass is 10.1. The lowest BCUT2D eigenvalue weighted by molar-refractivity contribution is 0.570. The van der Waals surface area contributed by atoms with E-state index in [0.717, 1.165) is 32.2 Å². The van der Waals surface area contributed by atoms with E-state index in [0.29, 0.717) is 6.54 Å². The molecule has 0 saturated heterocycles. The Bertz CT molecular complexity index is 764. The summed E-state index contributed by atoms with van der Waals surface area (Å²) in [4.78, 5) is 3.36. The third-order valence-corrected chi connectivity index (χ3v) is 4.31. The van der Waals surface area contributed by atoms with E-state index in [4.69, 9.17) is 23.2 Å². The third-order valence-electron chi connectivity index (χ3n) is 3.65. The SMILES string of the molecule is C[C@H](NCc1[nH]c2ccccc2c1Cl)c1cccc(Cl)c1. The monoisotopic (exact) mass is 318 g/mol. The molecule has 1 atom stereocenters. The zero-order valence-corrected chi connectivity index (χ0v) is 13.2. The lowest BCUT2D eigenvalue weighted by Gasteiger charge is -2.14. The molecule has 0 aliphatic rings. The molecular weight excluding hydrogens is 303 g/mol. The van der Waals surface area contributed by atoms with Gasteiger partial charge < -0.3 is 10.3 Å². The van der Waals surface area contributed by atoms with Gasteiger partial charge in [0.2, 0.25) is 0 Å². The van der Waals surface area contributed by atoms with Crippen LogP contribution in [-0.4, -0.2) is 4.98 Å². The summed E-state index contributed by atoms with van der Waals surface area (Å²) in [6.45, 7) is 2.80. The van der Waals surface area contributed by atoms with Crippen molar-refractivity contribution in [2.24, 2.45) is 0 Å². The Morgan fingerprint density at radius 2 is 1.90 bits per heavy atom. The van der Waals surface area contributed by atoms with Crippen LogP contribution in [0.5, 0.6) is 0 Å². The van der Waals surface area contributed by atoms with Crippen LogP contribution in [0.25, 0.3) is 10.9 Å². The van der Waals surface area contributed by atoms with Crippen molar-refractivity contribution in [3.63, 3.8) is 0 Å². The maximum Gasteiger partial charge on any atom is 0.0705 e. The highest BCUT2D eigenvalue weighted by molar-refractivity contribution is 6.36. The molecule has 0 fully saturated rings. The highest BCUT2D eigenvalue weighted by Crippen LogP contribution is 2.27. The molecule has 0 spiro atoms. The minimum atomic E-state index is 0.200. The van der Waals surface area contributed by atoms with Crippen molar-refractivity contribution < 1.29 is 0 Å². The zero-order chi connectivity index (χ0) is 14.8. The molecule has 3 rings (SSSR count). The van der Waals surface area contributed by atoms with Crippen molar-refractivity contribution in [3.05, 3.63) is 69.8 Å². The van der Waals surface area contributed by atoms with Crippen LogP contribution in [0.3, 0.4) is 0 Å². The van der Waals surface area contributed by atoms with Gasteiger partial charge >= 0.3 is 0 Å². The summed E-state index contributed by atoms with van der Waals surface area (Å²) in [6, 6.07) is 16.1. The fraction of sp³-hybridized carbons (Fsp3) is 0.176. The fourth-order valence-corrected chi connectivity index (χ4v) is 2.91. The smallest absolute Gasteiger partial charge is 0.0705 e.